The lowest BCUT2D eigenvalue weighted by Gasteiger charge is -2.35. The minimum atomic E-state index is -0.730. The number of rotatable bonds is 8. The lowest BCUT2D eigenvalue weighted by atomic mass is 9.86. The van der Waals surface area contributed by atoms with Crippen LogP contribution >= 0.6 is 0 Å². The first-order valence-electron chi connectivity index (χ1n) is 7.87. The third-order valence-electron chi connectivity index (χ3n) is 4.25. The van der Waals surface area contributed by atoms with Crippen LogP contribution < -0.4 is 0 Å². The number of aliphatic hydroxyl groups excluding tert-OH is 1. The van der Waals surface area contributed by atoms with Gasteiger partial charge in [0.25, 0.3) is 0 Å². The number of unbranched alkanes of at least 4 members (excludes halogenated alkanes) is 1. The maximum atomic E-state index is 10.6. The van der Waals surface area contributed by atoms with Crippen LogP contribution in [0.4, 0.5) is 0 Å². The van der Waals surface area contributed by atoms with Gasteiger partial charge in [-0.25, -0.2) is 0 Å². The van der Waals surface area contributed by atoms with E-state index >= 15 is 0 Å². The van der Waals surface area contributed by atoms with Crippen LogP contribution in [-0.4, -0.2) is 40.8 Å². The summed E-state index contributed by atoms with van der Waals surface area (Å²) in [6, 6.07) is 8.93. The van der Waals surface area contributed by atoms with Gasteiger partial charge >= 0.3 is 5.97 Å². The van der Waals surface area contributed by atoms with Crippen LogP contribution in [0.2, 0.25) is 0 Å². The van der Waals surface area contributed by atoms with Gasteiger partial charge in [-0.15, -0.1) is 0 Å². The second kappa shape index (κ2) is 8.15. The highest BCUT2D eigenvalue weighted by Crippen LogP contribution is 2.34. The van der Waals surface area contributed by atoms with Crippen molar-refractivity contribution >= 4 is 5.97 Å². The van der Waals surface area contributed by atoms with Crippen molar-refractivity contribution in [3.63, 3.8) is 0 Å². The molecule has 1 aliphatic rings. The van der Waals surface area contributed by atoms with E-state index in [2.05, 4.69) is 29.2 Å². The molecule has 1 aromatic rings. The Labute approximate surface area is 126 Å². The Hall–Kier alpha value is -1.39. The molecule has 21 heavy (non-hydrogen) atoms. The molecule has 1 aromatic carbocycles. The number of hydrogen-bond donors (Lipinski definition) is 2. The lowest BCUT2D eigenvalue weighted by Crippen LogP contribution is -2.34. The molecule has 0 spiro atoms. The van der Waals surface area contributed by atoms with Crippen molar-refractivity contribution in [1.82, 2.24) is 4.90 Å². The zero-order valence-corrected chi connectivity index (χ0v) is 12.5. The molecule has 0 radical (unpaired) electrons. The van der Waals surface area contributed by atoms with Gasteiger partial charge in [0.2, 0.25) is 0 Å². The second-order valence-corrected chi connectivity index (χ2v) is 5.72. The van der Waals surface area contributed by atoms with Crippen LogP contribution in [0, 0.1) is 0 Å². The molecule has 0 bridgehead atoms. The molecule has 0 fully saturated rings. The van der Waals surface area contributed by atoms with Gasteiger partial charge in [-0.2, -0.15) is 0 Å². The molecule has 0 heterocycles. The number of fused-ring (bicyclic) bond motifs is 1. The Morgan fingerprint density at radius 2 is 2.05 bits per heavy atom. The van der Waals surface area contributed by atoms with Gasteiger partial charge in [0, 0.05) is 19.0 Å². The summed E-state index contributed by atoms with van der Waals surface area (Å²) in [6.45, 7) is 1.66. The molecule has 2 rings (SSSR count). The van der Waals surface area contributed by atoms with E-state index in [0.29, 0.717) is 19.0 Å². The molecule has 4 heteroatoms. The van der Waals surface area contributed by atoms with Gasteiger partial charge in [-0.3, -0.25) is 9.69 Å². The highest BCUT2D eigenvalue weighted by Gasteiger charge is 2.24. The molecule has 1 unspecified atom stereocenters. The van der Waals surface area contributed by atoms with Crippen LogP contribution in [-0.2, 0) is 11.2 Å². The Kier molecular flexibility index (Phi) is 6.21. The van der Waals surface area contributed by atoms with E-state index < -0.39 is 5.97 Å². The number of carboxylic acid groups (broad SMARTS) is 1. The number of carbonyl (C=O) groups is 1. The first-order valence-corrected chi connectivity index (χ1v) is 7.87. The molecule has 0 aliphatic heterocycles. The zero-order valence-electron chi connectivity index (χ0n) is 12.5. The van der Waals surface area contributed by atoms with E-state index in [-0.39, 0.29) is 13.0 Å². The van der Waals surface area contributed by atoms with E-state index in [0.717, 1.165) is 25.8 Å². The average molecular weight is 291 g/mol. The Balaban J connectivity index is 1.99. The van der Waals surface area contributed by atoms with Crippen molar-refractivity contribution < 1.29 is 15.0 Å². The average Bonchev–Trinajstić information content (AvgIpc) is 2.49. The van der Waals surface area contributed by atoms with Crippen LogP contribution in [0.25, 0.3) is 0 Å². The van der Waals surface area contributed by atoms with Crippen molar-refractivity contribution in [2.24, 2.45) is 0 Å². The predicted octanol–water partition coefficient (Wildman–Crippen LogP) is 2.61. The van der Waals surface area contributed by atoms with Gasteiger partial charge in [0.1, 0.15) is 0 Å². The monoisotopic (exact) mass is 291 g/mol. The number of carboxylic acids is 1. The molecule has 0 saturated heterocycles. The zero-order chi connectivity index (χ0) is 15.1. The molecular weight excluding hydrogens is 266 g/mol. The number of nitrogens with zero attached hydrogens (tertiary/aromatic N) is 1. The number of aliphatic carboxylic acids is 1. The molecule has 0 aromatic heterocycles. The van der Waals surface area contributed by atoms with Crippen molar-refractivity contribution in [3.8, 4) is 0 Å². The fourth-order valence-corrected chi connectivity index (χ4v) is 3.25. The van der Waals surface area contributed by atoms with E-state index in [1.54, 1.807) is 0 Å². The van der Waals surface area contributed by atoms with Crippen molar-refractivity contribution in [2.75, 3.05) is 19.7 Å². The van der Waals surface area contributed by atoms with Crippen LogP contribution in [0.5, 0.6) is 0 Å². The molecule has 0 saturated carbocycles. The van der Waals surface area contributed by atoms with Crippen molar-refractivity contribution in [2.45, 2.75) is 44.6 Å². The van der Waals surface area contributed by atoms with Crippen molar-refractivity contribution in [1.29, 1.82) is 0 Å². The van der Waals surface area contributed by atoms with E-state index in [4.69, 9.17) is 5.11 Å². The normalized spacial score (nSPS) is 17.7. The van der Waals surface area contributed by atoms with Crippen LogP contribution in [0.1, 0.15) is 49.3 Å². The van der Waals surface area contributed by atoms with Crippen LogP contribution in [0.15, 0.2) is 24.3 Å². The minimum absolute atomic E-state index is 0.150. The van der Waals surface area contributed by atoms with E-state index in [1.807, 2.05) is 0 Å². The molecule has 0 amide bonds. The Bertz CT molecular complexity index is 461. The molecule has 116 valence electrons. The summed E-state index contributed by atoms with van der Waals surface area (Å²) in [5.74, 6) is -0.730. The number of hydrogen-bond acceptors (Lipinski definition) is 3. The van der Waals surface area contributed by atoms with E-state index in [9.17, 15) is 9.90 Å². The summed E-state index contributed by atoms with van der Waals surface area (Å²) in [5, 5.41) is 18.0. The number of benzene rings is 1. The maximum absolute atomic E-state index is 10.6. The van der Waals surface area contributed by atoms with Gasteiger partial charge in [0.15, 0.2) is 0 Å². The highest BCUT2D eigenvalue weighted by atomic mass is 16.4. The lowest BCUT2D eigenvalue weighted by molar-refractivity contribution is -0.137. The first-order chi connectivity index (χ1) is 10.2. The third kappa shape index (κ3) is 4.55. The largest absolute Gasteiger partial charge is 0.481 e. The predicted molar refractivity (Wildman–Crippen MR) is 82.3 cm³/mol. The summed E-state index contributed by atoms with van der Waals surface area (Å²) in [5.41, 5.74) is 2.80. The first kappa shape index (κ1) is 16.0. The summed E-state index contributed by atoms with van der Waals surface area (Å²) in [4.78, 5) is 12.9. The molecular formula is C17H25NO3. The fourth-order valence-electron chi connectivity index (χ4n) is 3.25. The summed E-state index contributed by atoms with van der Waals surface area (Å²) < 4.78 is 0. The Morgan fingerprint density at radius 3 is 2.81 bits per heavy atom. The third-order valence-corrected chi connectivity index (χ3v) is 4.25. The van der Waals surface area contributed by atoms with Gasteiger partial charge in [-0.05, 0) is 49.8 Å². The molecule has 4 nitrogen and oxygen atoms in total. The minimum Gasteiger partial charge on any atom is -0.481 e. The van der Waals surface area contributed by atoms with Crippen LogP contribution in [0.3, 0.4) is 0 Å². The molecule has 1 atom stereocenters. The summed E-state index contributed by atoms with van der Waals surface area (Å²) in [7, 11) is 0. The quantitative estimate of drug-likeness (QED) is 0.723. The summed E-state index contributed by atoms with van der Waals surface area (Å²) >= 11 is 0. The molecule has 2 N–H and O–H groups in total. The number of aliphatic hydroxyl groups is 1. The van der Waals surface area contributed by atoms with Gasteiger partial charge < -0.3 is 10.2 Å². The summed E-state index contributed by atoms with van der Waals surface area (Å²) in [6.07, 6.45) is 5.23. The highest BCUT2D eigenvalue weighted by molar-refractivity contribution is 5.66. The fraction of sp³-hybridized carbons (Fsp3) is 0.588. The topological polar surface area (TPSA) is 60.8 Å². The molecule has 1 aliphatic carbocycles. The Morgan fingerprint density at radius 1 is 1.24 bits per heavy atom. The van der Waals surface area contributed by atoms with Gasteiger partial charge in [-0.1, -0.05) is 24.3 Å². The standard InChI is InChI=1S/C17H25NO3/c19-13-12-18(11-4-3-10-17(20)21)16-9-5-7-14-6-1-2-8-15(14)16/h1-2,6,8,16,19H,3-5,7,9-13H2,(H,20,21). The smallest absolute Gasteiger partial charge is 0.303 e. The number of aryl methyl sites for hydroxylation is 1. The van der Waals surface area contributed by atoms with Gasteiger partial charge in [0.05, 0.1) is 6.61 Å². The maximum Gasteiger partial charge on any atom is 0.303 e. The van der Waals surface area contributed by atoms with Crippen molar-refractivity contribution in [3.05, 3.63) is 35.4 Å². The SMILES string of the molecule is O=C(O)CCCCN(CCO)C1CCCc2ccccc21. The second-order valence-electron chi connectivity index (χ2n) is 5.72. The van der Waals surface area contributed by atoms with E-state index in [1.165, 1.54) is 17.5 Å².